The molecular formula is C24H38Fe. The summed E-state index contributed by atoms with van der Waals surface area (Å²) < 4.78 is 1.23. The molecule has 10 aliphatic heterocycles. The van der Waals surface area contributed by atoms with Gasteiger partial charge in [0.15, 0.2) is 0 Å². The van der Waals surface area contributed by atoms with E-state index in [4.69, 9.17) is 0 Å². The Morgan fingerprint density at radius 1 is 0.520 bits per heavy atom. The maximum absolute atomic E-state index is 2.67. The average molecular weight is 382 g/mol. The van der Waals surface area contributed by atoms with Crippen LogP contribution in [0.4, 0.5) is 0 Å². The van der Waals surface area contributed by atoms with Crippen molar-refractivity contribution in [3.05, 3.63) is 0 Å². The van der Waals surface area contributed by atoms with Crippen LogP contribution in [0.25, 0.3) is 0 Å². The first-order valence-electron chi connectivity index (χ1n) is 12.3. The number of fused-ring (bicyclic) bond motifs is 10. The summed E-state index contributed by atoms with van der Waals surface area (Å²) in [6.07, 6.45) is 20.1. The molecule has 10 fully saturated rings. The summed E-state index contributed by atoms with van der Waals surface area (Å²) in [4.78, 5) is 14.0. The van der Waals surface area contributed by atoms with Crippen molar-refractivity contribution in [3.8, 4) is 0 Å². The van der Waals surface area contributed by atoms with Gasteiger partial charge in [-0.3, -0.25) is 0 Å². The molecule has 0 N–H and O–H groups in total. The second-order valence-corrected chi connectivity index (χ2v) is 38.1. The molecule has 0 bridgehead atoms. The molecule has 0 amide bonds. The third-order valence-electron chi connectivity index (χ3n) is 18.4. The molecule has 4 unspecified atom stereocenters. The van der Waals surface area contributed by atoms with E-state index in [1.165, 1.54) is 55.7 Å². The molecule has 0 aromatic rings. The molecule has 1 heteroatoms. The minimum atomic E-state index is -2.67. The van der Waals surface area contributed by atoms with Crippen LogP contribution in [-0.4, -0.2) is 0 Å². The predicted octanol–water partition coefficient (Wildman–Crippen LogP) is 8.84. The Bertz CT molecular complexity index is 955. The van der Waals surface area contributed by atoms with Crippen LogP contribution in [0, 0.1) is 0 Å². The quantitative estimate of drug-likeness (QED) is 0.220. The van der Waals surface area contributed by atoms with Gasteiger partial charge in [0.25, 0.3) is 0 Å². The summed E-state index contributed by atoms with van der Waals surface area (Å²) in [5.74, 6) is 0. The molecule has 25 heavy (non-hydrogen) atoms. The van der Waals surface area contributed by atoms with E-state index < -0.39 is 6.51 Å². The Kier molecular flexibility index (Phi) is 0.834. The van der Waals surface area contributed by atoms with Crippen LogP contribution in [0.15, 0.2) is 0 Å². The van der Waals surface area contributed by atoms with Crippen molar-refractivity contribution in [1.82, 2.24) is 0 Å². The zero-order valence-electron chi connectivity index (χ0n) is 16.2. The topological polar surface area (TPSA) is 0 Å². The zero-order valence-corrected chi connectivity index (χ0v) is 17.3. The summed E-state index contributed by atoms with van der Waals surface area (Å²) in [6.45, 7) is -0.346. The van der Waals surface area contributed by atoms with Crippen LogP contribution in [0.1, 0.15) is 90.4 Å². The molecule has 10 saturated heterocycles. The van der Waals surface area contributed by atoms with Gasteiger partial charge in [-0.25, -0.2) is 0 Å². The molecule has 4 atom stereocenters. The molecule has 10 rings (SSSR count). The Labute approximate surface area is 144 Å². The van der Waals surface area contributed by atoms with Crippen LogP contribution in [0.2, 0.25) is 47.7 Å². The Morgan fingerprint density at radius 2 is 0.920 bits per heavy atom. The van der Waals surface area contributed by atoms with Gasteiger partial charge >= 0.3 is 125 Å². The Hall–Kier alpha value is 0.519. The molecule has 0 radical (unpaired) electrons. The predicted molar refractivity (Wildman–Crippen MR) is 102 cm³/mol. The molecule has 0 aromatic heterocycles. The van der Waals surface area contributed by atoms with Gasteiger partial charge < -0.3 is 0 Å². The van der Waals surface area contributed by atoms with Crippen molar-refractivity contribution >= 4 is 0 Å². The third kappa shape index (κ3) is 0.238. The molecule has 1 spiro atoms. The number of hydrogen-bond acceptors (Lipinski definition) is 0. The van der Waals surface area contributed by atoms with Gasteiger partial charge in [-0.05, 0) is 0 Å². The number of hydrogen-bond donors (Lipinski definition) is 0. The second kappa shape index (κ2) is 1.62. The molecule has 0 aromatic carbocycles. The average Bonchev–Trinajstić information content (AvgIpc) is 3.56. The fourth-order valence-corrected chi connectivity index (χ4v) is 94.9. The first-order valence-corrected chi connectivity index (χ1v) is 18.6. The molecule has 142 valence electrons. The van der Waals surface area contributed by atoms with E-state index in [-0.39, 0.29) is 0 Å². The summed E-state index contributed by atoms with van der Waals surface area (Å²) >= 11 is 0. The molecule has 0 aliphatic carbocycles. The van der Waals surface area contributed by atoms with E-state index in [1.54, 1.807) is 75.5 Å². The normalized spacial score (nSPS) is 84.9. The van der Waals surface area contributed by atoms with E-state index >= 15 is 0 Å². The van der Waals surface area contributed by atoms with Gasteiger partial charge in [-0.15, -0.1) is 0 Å². The van der Waals surface area contributed by atoms with Crippen molar-refractivity contribution < 1.29 is 6.51 Å². The zero-order chi connectivity index (χ0) is 16.2. The van der Waals surface area contributed by atoms with Gasteiger partial charge in [0.05, 0.1) is 0 Å². The number of rotatable bonds is 13. The standard InChI is InChI=1S/C19H33.C5H5.Fe/c1-2-3-4-5-6-7-8-9-10-11-12-13-16-19-17-14-15-18-19;1-2-4-5-3-1;/h14-15,17-18H,2-13,16H2,1H3;1-5H;. The van der Waals surface area contributed by atoms with Crippen LogP contribution < -0.4 is 0 Å². The molecule has 10 aliphatic rings. The maximum atomic E-state index is 2.32. The Morgan fingerprint density at radius 3 is 1.24 bits per heavy atom. The fraction of sp³-hybridized carbons (Fsp3) is 1.00. The molecule has 10 heterocycles. The van der Waals surface area contributed by atoms with Gasteiger partial charge in [0.2, 0.25) is 0 Å². The van der Waals surface area contributed by atoms with E-state index in [0.29, 0.717) is 0 Å². The third-order valence-corrected chi connectivity index (χ3v) is 61.4. The van der Waals surface area contributed by atoms with Crippen LogP contribution >= 0.6 is 0 Å². The summed E-state index contributed by atoms with van der Waals surface area (Å²) in [7, 11) is 0. The van der Waals surface area contributed by atoms with Gasteiger partial charge in [-0.2, -0.15) is 0 Å². The van der Waals surface area contributed by atoms with Gasteiger partial charge in [-0.1, -0.05) is 19.8 Å². The van der Waals surface area contributed by atoms with Crippen LogP contribution in [0.5, 0.6) is 0 Å². The van der Waals surface area contributed by atoms with E-state index in [9.17, 15) is 0 Å². The monoisotopic (exact) mass is 382 g/mol. The first-order chi connectivity index (χ1) is 12.1. The fourth-order valence-electron chi connectivity index (χ4n) is 19.6. The van der Waals surface area contributed by atoms with Crippen molar-refractivity contribution in [1.29, 1.82) is 0 Å². The SMILES string of the molecule is CCCCCCCCCCCCCC[C]12[CH]3[CH]4[CH]5[CH]1[Fe]45321678[CH]2[CH]1[CH]6[CH]7[CH]28. The molecular weight excluding hydrogens is 344 g/mol. The number of unbranched alkanes of at least 4 members (excludes halogenated alkanes) is 11. The van der Waals surface area contributed by atoms with Gasteiger partial charge in [0, 0.05) is 0 Å². The first kappa shape index (κ1) is 12.9. The summed E-state index contributed by atoms with van der Waals surface area (Å²) in [5.41, 5.74) is 0. The van der Waals surface area contributed by atoms with Crippen molar-refractivity contribution in [2.45, 2.75) is 138 Å². The second-order valence-electron chi connectivity index (χ2n) is 14.5. The van der Waals surface area contributed by atoms with Crippen LogP contribution in [0.3, 0.4) is 0 Å². The summed E-state index contributed by atoms with van der Waals surface area (Å²) in [6, 6.07) is 0. The van der Waals surface area contributed by atoms with Crippen LogP contribution in [-0.2, 0) is 6.51 Å². The van der Waals surface area contributed by atoms with Crippen molar-refractivity contribution in [2.75, 3.05) is 0 Å². The minimum absolute atomic E-state index is 1.23. The van der Waals surface area contributed by atoms with Crippen molar-refractivity contribution in [3.63, 3.8) is 0 Å². The summed E-state index contributed by atoms with van der Waals surface area (Å²) in [5, 5.41) is 0. The Balaban J connectivity index is 0.731. The van der Waals surface area contributed by atoms with Gasteiger partial charge in [0.1, 0.15) is 0 Å². The van der Waals surface area contributed by atoms with E-state index in [0.717, 1.165) is 0 Å². The van der Waals surface area contributed by atoms with Crippen molar-refractivity contribution in [2.24, 2.45) is 0 Å². The molecule has 0 saturated carbocycles. The molecule has 0 nitrogen and oxygen atoms in total. The van der Waals surface area contributed by atoms with E-state index in [2.05, 4.69) is 6.92 Å². The van der Waals surface area contributed by atoms with E-state index in [1.807, 2.05) is 0 Å².